The monoisotopic (exact) mass is 567 g/mol. The first-order chi connectivity index (χ1) is 19.9. The summed E-state index contributed by atoms with van der Waals surface area (Å²) < 4.78 is 12.1. The van der Waals surface area contributed by atoms with Gasteiger partial charge in [0.15, 0.2) is 0 Å². The molecular formula is C32H45N3O6. The Kier molecular flexibility index (Phi) is 10.3. The van der Waals surface area contributed by atoms with Crippen LogP contribution in [-0.2, 0) is 23.9 Å². The minimum atomic E-state index is -1.11. The van der Waals surface area contributed by atoms with Crippen LogP contribution in [0.1, 0.15) is 52.4 Å². The van der Waals surface area contributed by atoms with Gasteiger partial charge in [-0.1, -0.05) is 12.2 Å². The molecule has 3 fully saturated rings. The number of hydrogen-bond donors (Lipinski definition) is 1. The van der Waals surface area contributed by atoms with Gasteiger partial charge in [-0.05, 0) is 76.6 Å². The summed E-state index contributed by atoms with van der Waals surface area (Å²) in [5, 5.41) is 9.59. The number of unbranched alkanes of at least 4 members (excludes halogenated alkanes) is 2. The zero-order valence-corrected chi connectivity index (χ0v) is 24.5. The highest BCUT2D eigenvalue weighted by atomic mass is 16.6. The molecule has 3 aliphatic rings. The van der Waals surface area contributed by atoms with E-state index in [9.17, 15) is 19.5 Å². The molecule has 3 aliphatic heterocycles. The predicted molar refractivity (Wildman–Crippen MR) is 159 cm³/mol. The van der Waals surface area contributed by atoms with Crippen LogP contribution in [0.2, 0.25) is 0 Å². The molecule has 9 nitrogen and oxygen atoms in total. The third-order valence-electron chi connectivity index (χ3n) is 8.78. The van der Waals surface area contributed by atoms with Crippen LogP contribution in [0, 0.1) is 11.8 Å². The van der Waals surface area contributed by atoms with Crippen LogP contribution in [-0.4, -0.2) is 84.9 Å². The molecule has 224 valence electrons. The second kappa shape index (κ2) is 13.7. The maximum atomic E-state index is 14.5. The van der Waals surface area contributed by atoms with Crippen LogP contribution >= 0.6 is 0 Å². The Morgan fingerprint density at radius 1 is 1.12 bits per heavy atom. The topological polar surface area (TPSA) is 99.6 Å². The number of hydrogen-bond acceptors (Lipinski definition) is 7. The number of ether oxygens (including phenoxy) is 2. The molecule has 41 heavy (non-hydrogen) atoms. The van der Waals surface area contributed by atoms with E-state index < -0.39 is 35.6 Å². The lowest BCUT2D eigenvalue weighted by Gasteiger charge is -2.37. The molecule has 2 bridgehead atoms. The first-order valence-electron chi connectivity index (χ1n) is 15.0. The minimum Gasteiger partial charge on any atom is -0.465 e. The van der Waals surface area contributed by atoms with Gasteiger partial charge in [0.05, 0.1) is 24.5 Å². The lowest BCUT2D eigenvalue weighted by molar-refractivity contribution is -0.155. The third-order valence-corrected chi connectivity index (χ3v) is 8.78. The summed E-state index contributed by atoms with van der Waals surface area (Å²) in [7, 11) is 0. The Labute approximate surface area is 243 Å². The SMILES string of the molecule is C=CCCCCOC(=O)[C@@H]1[C@H]2C(=O)N(CCCO)C(C(=O)N(CC=C)c3ccc(N(CC)CC)cc3)C23CC[C@H]1O3. The number of carbonyl (C=O) groups is 3. The standard InChI is InChI=1S/C32H45N3O6/c1-5-9-10-11-22-40-31(39)26-25-17-18-32(41-25)27(26)29(37)35(20-12-21-36)28(32)30(38)34(19-6-2)24-15-13-23(14-16-24)33(7-3)8-4/h5-6,13-16,25-28,36H,1-2,7-12,17-22H2,3-4H3/t25-,26+,27+,28?,32?/m1/s1. The summed E-state index contributed by atoms with van der Waals surface area (Å²) in [5.41, 5.74) is 0.650. The number of amides is 2. The number of nitrogens with zero attached hydrogens (tertiary/aromatic N) is 3. The minimum absolute atomic E-state index is 0.120. The average molecular weight is 568 g/mol. The fourth-order valence-corrected chi connectivity index (χ4v) is 6.87. The molecule has 0 aliphatic carbocycles. The maximum absolute atomic E-state index is 14.5. The number of anilines is 2. The molecule has 3 heterocycles. The van der Waals surface area contributed by atoms with Gasteiger partial charge >= 0.3 is 5.97 Å². The van der Waals surface area contributed by atoms with Crippen LogP contribution in [0.5, 0.6) is 0 Å². The molecular weight excluding hydrogens is 522 g/mol. The van der Waals surface area contributed by atoms with Crippen LogP contribution in [0.15, 0.2) is 49.6 Å². The molecule has 0 saturated carbocycles. The van der Waals surface area contributed by atoms with Gasteiger partial charge in [-0.25, -0.2) is 0 Å². The Morgan fingerprint density at radius 2 is 1.83 bits per heavy atom. The lowest BCUT2D eigenvalue weighted by atomic mass is 9.70. The van der Waals surface area contributed by atoms with E-state index in [2.05, 4.69) is 31.9 Å². The third kappa shape index (κ3) is 5.79. The van der Waals surface area contributed by atoms with Crippen molar-refractivity contribution in [3.63, 3.8) is 0 Å². The molecule has 4 rings (SSSR count). The van der Waals surface area contributed by atoms with Crippen molar-refractivity contribution in [2.75, 3.05) is 49.2 Å². The number of aliphatic hydroxyl groups is 1. The molecule has 1 aromatic carbocycles. The number of benzene rings is 1. The summed E-state index contributed by atoms with van der Waals surface area (Å²) in [5.74, 6) is -2.51. The number of aliphatic hydroxyl groups excluding tert-OH is 1. The van der Waals surface area contributed by atoms with Gasteiger partial charge in [0.1, 0.15) is 11.6 Å². The largest absolute Gasteiger partial charge is 0.465 e. The quantitative estimate of drug-likeness (QED) is 0.185. The Hall–Kier alpha value is -3.17. The number of carbonyl (C=O) groups excluding carboxylic acids is 3. The van der Waals surface area contributed by atoms with E-state index in [1.807, 2.05) is 30.3 Å². The molecule has 1 spiro atoms. The second-order valence-corrected chi connectivity index (χ2v) is 11.0. The predicted octanol–water partition coefficient (Wildman–Crippen LogP) is 3.71. The first-order valence-corrected chi connectivity index (χ1v) is 15.0. The number of likely N-dealkylation sites (tertiary alicyclic amines) is 1. The van der Waals surface area contributed by atoms with Crippen molar-refractivity contribution in [2.45, 2.75) is 70.1 Å². The Morgan fingerprint density at radius 3 is 2.46 bits per heavy atom. The van der Waals surface area contributed by atoms with Crippen LogP contribution < -0.4 is 9.80 Å². The highest BCUT2D eigenvalue weighted by Crippen LogP contribution is 2.59. The van der Waals surface area contributed by atoms with Crippen molar-refractivity contribution in [1.29, 1.82) is 0 Å². The number of fused-ring (bicyclic) bond motifs is 1. The molecule has 1 aromatic rings. The molecule has 0 radical (unpaired) electrons. The van der Waals surface area contributed by atoms with E-state index in [-0.39, 0.29) is 38.1 Å². The molecule has 2 amide bonds. The molecule has 2 unspecified atom stereocenters. The van der Waals surface area contributed by atoms with Gasteiger partial charge in [0.2, 0.25) is 5.91 Å². The molecule has 0 aromatic heterocycles. The van der Waals surface area contributed by atoms with Gasteiger partial charge in [-0.3, -0.25) is 14.4 Å². The lowest BCUT2D eigenvalue weighted by Crippen LogP contribution is -2.56. The smallest absolute Gasteiger partial charge is 0.312 e. The van der Waals surface area contributed by atoms with Crippen LogP contribution in [0.3, 0.4) is 0 Å². The van der Waals surface area contributed by atoms with Gasteiger partial charge in [0, 0.05) is 44.2 Å². The number of rotatable bonds is 16. The van der Waals surface area contributed by atoms with E-state index >= 15 is 0 Å². The van der Waals surface area contributed by atoms with Crippen LogP contribution in [0.4, 0.5) is 11.4 Å². The summed E-state index contributed by atoms with van der Waals surface area (Å²) in [6.07, 6.45) is 6.88. The average Bonchev–Trinajstić information content (AvgIpc) is 3.62. The molecule has 9 heteroatoms. The van der Waals surface area contributed by atoms with Gasteiger partial charge in [-0.15, -0.1) is 13.2 Å². The second-order valence-electron chi connectivity index (χ2n) is 11.0. The zero-order chi connectivity index (χ0) is 29.6. The molecule has 3 saturated heterocycles. The Bertz CT molecular complexity index is 1100. The highest BCUT2D eigenvalue weighted by Gasteiger charge is 2.75. The van der Waals surface area contributed by atoms with Crippen molar-refractivity contribution < 1.29 is 29.0 Å². The number of esters is 1. The van der Waals surface area contributed by atoms with Crippen molar-refractivity contribution in [3.8, 4) is 0 Å². The zero-order valence-electron chi connectivity index (χ0n) is 24.5. The van der Waals surface area contributed by atoms with Crippen molar-refractivity contribution in [2.24, 2.45) is 11.8 Å². The summed E-state index contributed by atoms with van der Waals surface area (Å²) in [4.78, 5) is 47.1. The normalized spacial score (nSPS) is 26.1. The Balaban J connectivity index is 1.63. The van der Waals surface area contributed by atoms with Crippen molar-refractivity contribution in [3.05, 3.63) is 49.6 Å². The molecule has 1 N–H and O–H groups in total. The summed E-state index contributed by atoms with van der Waals surface area (Å²) in [6, 6.07) is 6.91. The van der Waals surface area contributed by atoms with E-state index in [0.29, 0.717) is 31.4 Å². The van der Waals surface area contributed by atoms with E-state index in [0.717, 1.165) is 31.6 Å². The number of allylic oxidation sites excluding steroid dienone is 1. The van der Waals surface area contributed by atoms with E-state index in [1.54, 1.807) is 11.0 Å². The van der Waals surface area contributed by atoms with E-state index in [4.69, 9.17) is 9.47 Å². The summed E-state index contributed by atoms with van der Waals surface area (Å²) >= 11 is 0. The van der Waals surface area contributed by atoms with E-state index in [1.165, 1.54) is 4.90 Å². The highest BCUT2D eigenvalue weighted by molar-refractivity contribution is 6.04. The van der Waals surface area contributed by atoms with Gasteiger partial charge in [0.25, 0.3) is 5.91 Å². The fraction of sp³-hybridized carbons (Fsp3) is 0.594. The maximum Gasteiger partial charge on any atom is 0.312 e. The molecule has 5 atom stereocenters. The van der Waals surface area contributed by atoms with Gasteiger partial charge < -0.3 is 29.3 Å². The first kappa shape index (κ1) is 30.8. The van der Waals surface area contributed by atoms with Crippen molar-refractivity contribution in [1.82, 2.24) is 4.90 Å². The van der Waals surface area contributed by atoms with Crippen molar-refractivity contribution >= 4 is 29.2 Å². The van der Waals surface area contributed by atoms with Gasteiger partial charge in [-0.2, -0.15) is 0 Å². The summed E-state index contributed by atoms with van der Waals surface area (Å²) in [6.45, 7) is 14.1. The van der Waals surface area contributed by atoms with Crippen LogP contribution in [0.25, 0.3) is 0 Å². The fourth-order valence-electron chi connectivity index (χ4n) is 6.87.